The van der Waals surface area contributed by atoms with Gasteiger partial charge < -0.3 is 89.9 Å². The zero-order valence-electron chi connectivity index (χ0n) is 46.4. The zero-order valence-corrected chi connectivity index (χ0v) is 46.4. The summed E-state index contributed by atoms with van der Waals surface area (Å²) in [6.45, 7) is 1.61. The molecular weight excluding hydrogens is 999 g/mol. The van der Waals surface area contributed by atoms with E-state index in [1.54, 1.807) is 6.08 Å². The predicted octanol–water partition coefficient (Wildman–Crippen LogP) is 4.70. The van der Waals surface area contributed by atoms with Gasteiger partial charge >= 0.3 is 0 Å². The summed E-state index contributed by atoms with van der Waals surface area (Å²) in [5.41, 5.74) is 0. The first-order chi connectivity index (χ1) is 37.3. The Balaban J connectivity index is 1.41. The molecule has 3 heterocycles. The van der Waals surface area contributed by atoms with Crippen molar-refractivity contribution in [1.29, 1.82) is 0 Å². The molecule has 0 aromatic carbocycles. The van der Waals surface area contributed by atoms with Crippen LogP contribution in [-0.4, -0.2) is 193 Å². The molecule has 0 spiro atoms. The second kappa shape index (κ2) is 41.7. The quantitative estimate of drug-likeness (QED) is 0.0291. The lowest BCUT2D eigenvalue weighted by molar-refractivity contribution is -0.379. The lowest BCUT2D eigenvalue weighted by atomic mass is 9.96. The average molecular weight is 1100 g/mol. The molecule has 3 fully saturated rings. The summed E-state index contributed by atoms with van der Waals surface area (Å²) in [7, 11) is 0. The summed E-state index contributed by atoms with van der Waals surface area (Å²) in [4.78, 5) is 13.2. The van der Waals surface area contributed by atoms with E-state index in [0.717, 1.165) is 83.5 Å². The summed E-state index contributed by atoms with van der Waals surface area (Å²) in [5, 5.41) is 120. The van der Waals surface area contributed by atoms with Gasteiger partial charge in [-0.3, -0.25) is 4.79 Å². The third-order valence-electron chi connectivity index (χ3n) is 14.6. The van der Waals surface area contributed by atoms with E-state index < -0.39 is 124 Å². The van der Waals surface area contributed by atoms with E-state index in [2.05, 4.69) is 55.6 Å². The fourth-order valence-electron chi connectivity index (χ4n) is 9.73. The first-order valence-electron chi connectivity index (χ1n) is 29.4. The highest BCUT2D eigenvalue weighted by molar-refractivity contribution is 5.76. The molecule has 0 aromatic heterocycles. The van der Waals surface area contributed by atoms with Crippen LogP contribution in [0.1, 0.15) is 181 Å². The van der Waals surface area contributed by atoms with Gasteiger partial charge in [-0.15, -0.1) is 0 Å². The third-order valence-corrected chi connectivity index (χ3v) is 14.6. The molecule has 0 radical (unpaired) electrons. The highest BCUT2D eigenvalue weighted by Crippen LogP contribution is 2.33. The number of aliphatic hydroxyl groups excluding tert-OH is 11. The van der Waals surface area contributed by atoms with Crippen molar-refractivity contribution in [3.63, 3.8) is 0 Å². The van der Waals surface area contributed by atoms with Crippen LogP contribution in [-0.2, 0) is 33.2 Å². The zero-order chi connectivity index (χ0) is 56.2. The van der Waals surface area contributed by atoms with E-state index in [9.17, 15) is 61.0 Å². The van der Waals surface area contributed by atoms with Gasteiger partial charge in [0.1, 0.15) is 73.2 Å². The number of hydrogen-bond acceptors (Lipinski definition) is 18. The number of aliphatic hydroxyl groups is 11. The number of carbonyl (C=O) groups excluding carboxylic acids is 1. The number of allylic oxidation sites excluding steroid dienone is 7. The fourth-order valence-corrected chi connectivity index (χ4v) is 9.73. The Morgan fingerprint density at radius 1 is 0.468 bits per heavy atom. The molecule has 12 N–H and O–H groups in total. The lowest BCUT2D eigenvalue weighted by Crippen LogP contribution is -2.66. The molecule has 0 saturated carbocycles. The molecule has 17 unspecified atom stereocenters. The van der Waals surface area contributed by atoms with Crippen LogP contribution < -0.4 is 5.32 Å². The lowest BCUT2D eigenvalue weighted by Gasteiger charge is -2.48. The van der Waals surface area contributed by atoms with Gasteiger partial charge in [-0.25, -0.2) is 0 Å². The molecule has 1 amide bonds. The van der Waals surface area contributed by atoms with E-state index in [1.807, 2.05) is 6.08 Å². The second-order valence-corrected chi connectivity index (χ2v) is 21.1. The highest BCUT2D eigenvalue weighted by Gasteiger charge is 2.53. The molecule has 0 aliphatic carbocycles. The first kappa shape index (κ1) is 69.0. The number of hydrogen-bond donors (Lipinski definition) is 12. The number of amides is 1. The van der Waals surface area contributed by atoms with Crippen molar-refractivity contribution in [2.75, 3.05) is 26.4 Å². The van der Waals surface area contributed by atoms with Gasteiger partial charge in [-0.1, -0.05) is 165 Å². The van der Waals surface area contributed by atoms with Gasteiger partial charge in [0.2, 0.25) is 5.91 Å². The van der Waals surface area contributed by atoms with Gasteiger partial charge in [-0.05, 0) is 57.8 Å². The van der Waals surface area contributed by atoms with Crippen molar-refractivity contribution in [3.05, 3.63) is 48.6 Å². The second-order valence-electron chi connectivity index (χ2n) is 21.1. The summed E-state index contributed by atoms with van der Waals surface area (Å²) in [5.74, 6) is -0.287. The Morgan fingerprint density at radius 3 is 1.34 bits per heavy atom. The highest BCUT2D eigenvalue weighted by atomic mass is 16.8. The van der Waals surface area contributed by atoms with E-state index in [1.165, 1.54) is 70.6 Å². The van der Waals surface area contributed by atoms with E-state index >= 15 is 0 Å². The number of rotatable bonds is 42. The minimum absolute atomic E-state index is 0.236. The van der Waals surface area contributed by atoms with Gasteiger partial charge in [0.25, 0.3) is 0 Å². The molecule has 3 aliphatic rings. The van der Waals surface area contributed by atoms with Crippen molar-refractivity contribution < 1.29 is 89.4 Å². The molecule has 19 nitrogen and oxygen atoms in total. The molecule has 17 atom stereocenters. The Hall–Kier alpha value is -2.25. The van der Waals surface area contributed by atoms with Crippen molar-refractivity contribution >= 4 is 5.91 Å². The molecule has 0 bridgehead atoms. The van der Waals surface area contributed by atoms with Crippen LogP contribution in [0.4, 0.5) is 0 Å². The van der Waals surface area contributed by atoms with Crippen LogP contribution in [0, 0.1) is 0 Å². The minimum atomic E-state index is -1.98. The maximum absolute atomic E-state index is 13.2. The molecule has 448 valence electrons. The first-order valence-corrected chi connectivity index (χ1v) is 29.4. The largest absolute Gasteiger partial charge is 0.394 e. The smallest absolute Gasteiger partial charge is 0.220 e. The van der Waals surface area contributed by atoms with Crippen molar-refractivity contribution in [2.45, 2.75) is 285 Å². The Labute approximate surface area is 459 Å². The minimum Gasteiger partial charge on any atom is -0.394 e. The number of carbonyl (C=O) groups is 1. The molecule has 3 saturated heterocycles. The van der Waals surface area contributed by atoms with Crippen LogP contribution in [0.15, 0.2) is 48.6 Å². The monoisotopic (exact) mass is 1100 g/mol. The summed E-state index contributed by atoms with van der Waals surface area (Å²) < 4.78 is 34.1. The molecule has 3 rings (SSSR count). The van der Waals surface area contributed by atoms with Gasteiger partial charge in [0.05, 0.1) is 38.6 Å². The molecule has 19 heteroatoms. The maximum Gasteiger partial charge on any atom is 0.220 e. The average Bonchev–Trinajstić information content (AvgIpc) is 3.43. The summed E-state index contributed by atoms with van der Waals surface area (Å²) in [6.07, 6.45) is 18.6. The standard InChI is InChI=1S/C58H103NO18/c1-3-5-7-9-11-12-13-14-15-16-17-18-19-20-21-22-23-24-25-26-27-28-30-32-34-36-46(64)59-41(42(63)35-33-31-29-10-8-6-4-2)40-72-56-52(70)49(67)54(44(38-61)74-56)77-58-53(71)50(68)55(45(39-62)75-58)76-57-51(69)48(66)47(65)43(37-60)73-57/h13-14,16-17,19-20,33,35,41-45,47-58,60-63,65-71H,3-12,15,18,21-32,34,36-40H2,1-2H3,(H,59,64)/b14-13-,17-16-,20-19-,35-33+. The predicted molar refractivity (Wildman–Crippen MR) is 291 cm³/mol. The van der Waals surface area contributed by atoms with E-state index in [4.69, 9.17) is 28.4 Å². The number of ether oxygens (including phenoxy) is 6. The molecule has 77 heavy (non-hydrogen) atoms. The van der Waals surface area contributed by atoms with Crippen molar-refractivity contribution in [3.8, 4) is 0 Å². The van der Waals surface area contributed by atoms with E-state index in [0.29, 0.717) is 6.42 Å². The van der Waals surface area contributed by atoms with Crippen LogP contribution in [0.2, 0.25) is 0 Å². The molecule has 3 aliphatic heterocycles. The topological polar surface area (TPSA) is 307 Å². The van der Waals surface area contributed by atoms with Crippen molar-refractivity contribution in [2.24, 2.45) is 0 Å². The van der Waals surface area contributed by atoms with Crippen LogP contribution >= 0.6 is 0 Å². The van der Waals surface area contributed by atoms with Gasteiger partial charge in [-0.2, -0.15) is 0 Å². The SMILES string of the molecule is CCCCCCC/C=C\C/C=C\C/C=C\CCCCCCCCCCCCC(=O)NC(COC1OC(CO)C(OC2OC(CO)C(OC3OC(CO)C(O)C(O)C3O)C(O)C2O)C(O)C1O)C(O)/C=C/CCCCCCC. The Bertz CT molecular complexity index is 1600. The number of nitrogens with one attached hydrogen (secondary N) is 1. The van der Waals surface area contributed by atoms with Crippen LogP contribution in [0.3, 0.4) is 0 Å². The van der Waals surface area contributed by atoms with Gasteiger partial charge in [0, 0.05) is 6.42 Å². The van der Waals surface area contributed by atoms with Crippen LogP contribution in [0.25, 0.3) is 0 Å². The number of unbranched alkanes of at least 4 members (excludes halogenated alkanes) is 20. The normalized spacial score (nSPS) is 31.1. The summed E-state index contributed by atoms with van der Waals surface area (Å²) >= 11 is 0. The molecular formula is C58H103NO18. The maximum atomic E-state index is 13.2. The van der Waals surface area contributed by atoms with Gasteiger partial charge in [0.15, 0.2) is 18.9 Å². The van der Waals surface area contributed by atoms with Crippen molar-refractivity contribution in [1.82, 2.24) is 5.32 Å². The fraction of sp³-hybridized carbons (Fsp3) is 0.845. The Kier molecular flexibility index (Phi) is 37.4. The van der Waals surface area contributed by atoms with E-state index in [-0.39, 0.29) is 18.9 Å². The third kappa shape index (κ3) is 26.0. The Morgan fingerprint density at radius 2 is 0.857 bits per heavy atom. The molecule has 0 aromatic rings. The van der Waals surface area contributed by atoms with Crippen LogP contribution in [0.5, 0.6) is 0 Å². The summed E-state index contributed by atoms with van der Waals surface area (Å²) in [6, 6.07) is -0.973.